The van der Waals surface area contributed by atoms with Crippen molar-refractivity contribution in [1.82, 2.24) is 0 Å². The van der Waals surface area contributed by atoms with Crippen molar-refractivity contribution in [3.63, 3.8) is 0 Å². The van der Waals surface area contributed by atoms with Crippen molar-refractivity contribution in [3.8, 4) is 5.75 Å². The molecule has 4 heteroatoms. The topological polar surface area (TPSA) is 47.6 Å². The van der Waals surface area contributed by atoms with E-state index in [1.807, 2.05) is 50.2 Å². The quantitative estimate of drug-likeness (QED) is 0.574. The third kappa shape index (κ3) is 5.46. The minimum Gasteiger partial charge on any atom is -0.493 e. The Hall–Kier alpha value is -2.07. The summed E-state index contributed by atoms with van der Waals surface area (Å²) in [5, 5.41) is 5.07. The Morgan fingerprint density at radius 1 is 1.11 bits per heavy atom. The van der Waals surface area contributed by atoms with Crippen LogP contribution in [0.5, 0.6) is 5.75 Å². The number of amides is 1. The van der Waals surface area contributed by atoms with Crippen LogP contribution in [0.4, 0.5) is 5.69 Å². The molecule has 1 amide bonds. The van der Waals surface area contributed by atoms with Crippen LogP contribution in [0.15, 0.2) is 36.4 Å². The zero-order valence-electron chi connectivity index (χ0n) is 17.3. The highest BCUT2D eigenvalue weighted by molar-refractivity contribution is 6.06. The number of rotatable bonds is 10. The second-order valence-corrected chi connectivity index (χ2v) is 7.58. The molecule has 148 valence electrons. The summed E-state index contributed by atoms with van der Waals surface area (Å²) in [6.07, 6.45) is 2.68. The van der Waals surface area contributed by atoms with Crippen LogP contribution in [0.3, 0.4) is 0 Å². The number of hydrogen-bond acceptors (Lipinski definition) is 3. The molecule has 0 aliphatic rings. The lowest BCUT2D eigenvalue weighted by Crippen LogP contribution is -2.42. The lowest BCUT2D eigenvalue weighted by molar-refractivity contribution is -0.139. The molecule has 0 spiro atoms. The zero-order valence-corrected chi connectivity index (χ0v) is 17.3. The molecule has 2 aromatic carbocycles. The first-order chi connectivity index (χ1) is 12.9. The lowest BCUT2D eigenvalue weighted by atomic mass is 9.97. The van der Waals surface area contributed by atoms with Gasteiger partial charge in [-0.2, -0.15) is 0 Å². The van der Waals surface area contributed by atoms with Gasteiger partial charge in [0.1, 0.15) is 11.4 Å². The van der Waals surface area contributed by atoms with Gasteiger partial charge in [0.25, 0.3) is 5.91 Å². The first-order valence-corrected chi connectivity index (χ1v) is 10.0. The smallest absolute Gasteiger partial charge is 0.256 e. The van der Waals surface area contributed by atoms with Crippen LogP contribution in [-0.2, 0) is 9.53 Å². The molecule has 0 fully saturated rings. The maximum atomic E-state index is 13.0. The first-order valence-electron chi connectivity index (χ1n) is 10.0. The molecule has 1 N–H and O–H groups in total. The maximum absolute atomic E-state index is 13.0. The van der Waals surface area contributed by atoms with Gasteiger partial charge in [0, 0.05) is 23.1 Å². The van der Waals surface area contributed by atoms with Gasteiger partial charge in [0.05, 0.1) is 6.61 Å². The van der Waals surface area contributed by atoms with Crippen molar-refractivity contribution in [1.29, 1.82) is 0 Å². The van der Waals surface area contributed by atoms with Crippen LogP contribution in [0.2, 0.25) is 0 Å². The Balaban J connectivity index is 2.30. The van der Waals surface area contributed by atoms with Crippen LogP contribution in [-0.4, -0.2) is 24.7 Å². The molecule has 0 aromatic heterocycles. The number of fused-ring (bicyclic) bond motifs is 1. The molecule has 0 saturated heterocycles. The summed E-state index contributed by atoms with van der Waals surface area (Å²) in [6.45, 7) is 11.3. The van der Waals surface area contributed by atoms with Crippen molar-refractivity contribution in [2.45, 2.75) is 59.5 Å². The van der Waals surface area contributed by atoms with Crippen LogP contribution >= 0.6 is 0 Å². The summed E-state index contributed by atoms with van der Waals surface area (Å²) >= 11 is 0. The van der Waals surface area contributed by atoms with E-state index < -0.39 is 5.60 Å². The van der Waals surface area contributed by atoms with Gasteiger partial charge in [-0.1, -0.05) is 57.9 Å². The van der Waals surface area contributed by atoms with Crippen LogP contribution in [0.25, 0.3) is 10.8 Å². The molecular weight excluding hydrogens is 338 g/mol. The number of carbonyl (C=O) groups excluding carboxylic acids is 1. The first kappa shape index (κ1) is 21.2. The Kier molecular flexibility index (Phi) is 7.66. The van der Waals surface area contributed by atoms with E-state index in [2.05, 4.69) is 26.1 Å². The molecule has 0 radical (unpaired) electrons. The van der Waals surface area contributed by atoms with E-state index in [1.165, 1.54) is 0 Å². The SMILES string of the molecule is CCCC[C@@](C)(OCC)C(=O)Nc1ccc(OCC(C)C)c2ccccc12. The number of ether oxygens (including phenoxy) is 2. The second kappa shape index (κ2) is 9.75. The zero-order chi connectivity index (χ0) is 19.9. The third-order valence-corrected chi connectivity index (χ3v) is 4.66. The van der Waals surface area contributed by atoms with Crippen molar-refractivity contribution in [2.24, 2.45) is 5.92 Å². The van der Waals surface area contributed by atoms with Crippen LogP contribution < -0.4 is 10.1 Å². The van der Waals surface area contributed by atoms with Gasteiger partial charge in [0.15, 0.2) is 0 Å². The normalized spacial score (nSPS) is 13.6. The average Bonchev–Trinajstić information content (AvgIpc) is 2.65. The number of nitrogens with one attached hydrogen (secondary N) is 1. The minimum atomic E-state index is -0.821. The van der Waals surface area contributed by atoms with Gasteiger partial charge >= 0.3 is 0 Å². The van der Waals surface area contributed by atoms with Gasteiger partial charge in [-0.05, 0) is 38.3 Å². The standard InChI is InChI=1S/C23H33NO3/c1-6-8-15-23(5,27-7-2)22(25)24-20-13-14-21(26-16-17(3)4)19-12-10-9-11-18(19)20/h9-14,17H,6-8,15-16H2,1-5H3,(H,24,25)/t23-/m1/s1. The Bertz CT molecular complexity index is 756. The van der Waals surface area contributed by atoms with E-state index >= 15 is 0 Å². The molecule has 0 aliphatic heterocycles. The molecule has 0 bridgehead atoms. The second-order valence-electron chi connectivity index (χ2n) is 7.58. The van der Waals surface area contributed by atoms with E-state index in [0.717, 1.165) is 35.1 Å². The molecule has 0 saturated carbocycles. The molecule has 2 aromatic rings. The third-order valence-electron chi connectivity index (χ3n) is 4.66. The summed E-state index contributed by atoms with van der Waals surface area (Å²) in [7, 11) is 0. The Morgan fingerprint density at radius 3 is 2.44 bits per heavy atom. The summed E-state index contributed by atoms with van der Waals surface area (Å²) in [4.78, 5) is 13.0. The molecule has 1 atom stereocenters. The molecule has 4 nitrogen and oxygen atoms in total. The van der Waals surface area contributed by atoms with Crippen molar-refractivity contribution >= 4 is 22.4 Å². The van der Waals surface area contributed by atoms with Gasteiger partial charge in [-0.25, -0.2) is 0 Å². The predicted molar refractivity (Wildman–Crippen MR) is 112 cm³/mol. The fourth-order valence-electron chi connectivity index (χ4n) is 3.10. The fourth-order valence-corrected chi connectivity index (χ4v) is 3.10. The van der Waals surface area contributed by atoms with Crippen LogP contribution in [0, 0.1) is 5.92 Å². The number of hydrogen-bond donors (Lipinski definition) is 1. The summed E-state index contributed by atoms with van der Waals surface area (Å²) in [5.41, 5.74) is -0.0338. The predicted octanol–water partition coefficient (Wildman–Crippen LogP) is 5.80. The summed E-state index contributed by atoms with van der Waals surface area (Å²) in [6, 6.07) is 11.9. The van der Waals surface area contributed by atoms with E-state index in [0.29, 0.717) is 25.6 Å². The number of benzene rings is 2. The van der Waals surface area contributed by atoms with E-state index in [-0.39, 0.29) is 5.91 Å². The lowest BCUT2D eigenvalue weighted by Gasteiger charge is -2.28. The van der Waals surface area contributed by atoms with Gasteiger partial charge in [0.2, 0.25) is 0 Å². The molecule has 0 unspecified atom stereocenters. The molecular formula is C23H33NO3. The molecule has 2 rings (SSSR count). The van der Waals surface area contributed by atoms with Crippen molar-refractivity contribution in [3.05, 3.63) is 36.4 Å². The van der Waals surface area contributed by atoms with Gasteiger partial charge in [-0.3, -0.25) is 4.79 Å². The minimum absolute atomic E-state index is 0.0983. The van der Waals surface area contributed by atoms with E-state index in [9.17, 15) is 4.79 Å². The number of carbonyl (C=O) groups is 1. The van der Waals surface area contributed by atoms with Gasteiger partial charge in [-0.15, -0.1) is 0 Å². The highest BCUT2D eigenvalue weighted by atomic mass is 16.5. The molecule has 0 heterocycles. The van der Waals surface area contributed by atoms with E-state index in [4.69, 9.17) is 9.47 Å². The largest absolute Gasteiger partial charge is 0.493 e. The maximum Gasteiger partial charge on any atom is 0.256 e. The van der Waals surface area contributed by atoms with E-state index in [1.54, 1.807) is 0 Å². The number of unbranched alkanes of at least 4 members (excludes halogenated alkanes) is 1. The number of anilines is 1. The highest BCUT2D eigenvalue weighted by Gasteiger charge is 2.33. The Morgan fingerprint density at radius 2 is 1.81 bits per heavy atom. The summed E-state index contributed by atoms with van der Waals surface area (Å²) in [5.74, 6) is 1.20. The van der Waals surface area contributed by atoms with Crippen LogP contribution in [0.1, 0.15) is 53.9 Å². The molecule has 0 aliphatic carbocycles. The van der Waals surface area contributed by atoms with Gasteiger partial charge < -0.3 is 14.8 Å². The summed E-state index contributed by atoms with van der Waals surface area (Å²) < 4.78 is 11.8. The highest BCUT2D eigenvalue weighted by Crippen LogP contribution is 2.33. The Labute approximate surface area is 163 Å². The fraction of sp³-hybridized carbons (Fsp3) is 0.522. The monoisotopic (exact) mass is 371 g/mol. The van der Waals surface area contributed by atoms with Crippen molar-refractivity contribution < 1.29 is 14.3 Å². The molecule has 27 heavy (non-hydrogen) atoms. The average molecular weight is 372 g/mol. The van der Waals surface area contributed by atoms with Crippen molar-refractivity contribution in [2.75, 3.05) is 18.5 Å².